The molecular weight excluding hydrogens is 477 g/mol. The Bertz CT molecular complexity index is 1310. The highest BCUT2D eigenvalue weighted by atomic mass is 32.1. The van der Waals surface area contributed by atoms with Gasteiger partial charge >= 0.3 is 6.03 Å². The van der Waals surface area contributed by atoms with Crippen LogP contribution in [0.2, 0.25) is 0 Å². The maximum absolute atomic E-state index is 13.3. The van der Waals surface area contributed by atoms with E-state index in [1.165, 1.54) is 24.3 Å². The lowest BCUT2D eigenvalue weighted by Crippen LogP contribution is -2.40. The molecule has 3 aromatic rings. The highest BCUT2D eigenvalue weighted by Crippen LogP contribution is 2.37. The van der Waals surface area contributed by atoms with Gasteiger partial charge in [0.15, 0.2) is 11.5 Å². The van der Waals surface area contributed by atoms with Gasteiger partial charge in [-0.1, -0.05) is 17.4 Å². The molecule has 0 aliphatic carbocycles. The van der Waals surface area contributed by atoms with Crippen molar-refractivity contribution in [3.63, 3.8) is 0 Å². The minimum atomic E-state index is -1.31. The van der Waals surface area contributed by atoms with Crippen LogP contribution in [0.5, 0.6) is 11.5 Å². The van der Waals surface area contributed by atoms with E-state index in [0.717, 1.165) is 22.7 Å². The number of hydrogen-bond acceptors (Lipinski definition) is 8. The quantitative estimate of drug-likeness (QED) is 0.520. The van der Waals surface area contributed by atoms with Crippen molar-refractivity contribution < 1.29 is 28.2 Å². The van der Waals surface area contributed by atoms with E-state index < -0.39 is 29.2 Å². The number of carbonyl (C=O) groups is 3. The van der Waals surface area contributed by atoms with Crippen LogP contribution in [0.25, 0.3) is 0 Å². The molecule has 1 aromatic heterocycles. The number of carbonyl (C=O) groups excluding carboxylic acids is 3. The lowest BCUT2D eigenvalue weighted by atomic mass is 9.91. The zero-order valence-electron chi connectivity index (χ0n) is 18.5. The molecule has 2 aliphatic rings. The number of nitrogens with one attached hydrogen (secondary N) is 2. The summed E-state index contributed by atoms with van der Waals surface area (Å²) in [5, 5.41) is 13.5. The second-order valence-electron chi connectivity index (χ2n) is 8.12. The number of amides is 4. The van der Waals surface area contributed by atoms with Gasteiger partial charge < -0.3 is 20.1 Å². The molecule has 2 aromatic carbocycles. The first-order valence-corrected chi connectivity index (χ1v) is 11.6. The zero-order chi connectivity index (χ0) is 24.6. The molecule has 180 valence electrons. The number of benzene rings is 2. The van der Waals surface area contributed by atoms with E-state index in [-0.39, 0.29) is 11.6 Å². The van der Waals surface area contributed by atoms with Crippen LogP contribution >= 0.6 is 11.3 Å². The van der Waals surface area contributed by atoms with Crippen molar-refractivity contribution in [2.75, 3.05) is 18.5 Å². The molecule has 5 rings (SSSR count). The summed E-state index contributed by atoms with van der Waals surface area (Å²) in [6, 6.07) is 9.84. The van der Waals surface area contributed by atoms with E-state index in [0.29, 0.717) is 41.0 Å². The van der Waals surface area contributed by atoms with Crippen molar-refractivity contribution in [1.29, 1.82) is 0 Å². The van der Waals surface area contributed by atoms with Crippen molar-refractivity contribution in [3.8, 4) is 11.5 Å². The highest BCUT2D eigenvalue weighted by molar-refractivity contribution is 7.13. The van der Waals surface area contributed by atoms with E-state index >= 15 is 0 Å². The molecule has 1 saturated heterocycles. The standard InChI is InChI=1S/C23H20FN5O5S/c1-23(13-3-8-16-17(11-13)34-10-2-9-33-16)21(31)29(22(32)26-23)12-18-27-28-20(35-18)19(30)25-15-6-4-14(24)5-7-15/h3-8,11H,2,9-10,12H2,1H3,(H,25,30)(H,26,32). The Morgan fingerprint density at radius 2 is 1.89 bits per heavy atom. The normalized spacial score (nSPS) is 19.3. The Hall–Kier alpha value is -4.06. The third kappa shape index (κ3) is 4.39. The Balaban J connectivity index is 1.30. The fourth-order valence-corrected chi connectivity index (χ4v) is 4.50. The number of rotatable bonds is 5. The van der Waals surface area contributed by atoms with Gasteiger partial charge in [-0.3, -0.25) is 14.5 Å². The molecule has 2 aliphatic heterocycles. The van der Waals surface area contributed by atoms with E-state index in [9.17, 15) is 18.8 Å². The summed E-state index contributed by atoms with van der Waals surface area (Å²) in [7, 11) is 0. The Labute approximate surface area is 203 Å². The summed E-state index contributed by atoms with van der Waals surface area (Å²) in [5.74, 6) is -0.320. The second kappa shape index (κ2) is 8.95. The topological polar surface area (TPSA) is 123 Å². The van der Waals surface area contributed by atoms with Gasteiger partial charge in [0, 0.05) is 12.1 Å². The molecule has 4 amide bonds. The molecule has 3 heterocycles. The fourth-order valence-electron chi connectivity index (χ4n) is 3.77. The summed E-state index contributed by atoms with van der Waals surface area (Å²) in [5.41, 5.74) is -0.359. The summed E-state index contributed by atoms with van der Waals surface area (Å²) in [6.07, 6.45) is 0.747. The van der Waals surface area contributed by atoms with Crippen LogP contribution in [0, 0.1) is 5.82 Å². The molecule has 0 bridgehead atoms. The lowest BCUT2D eigenvalue weighted by molar-refractivity contribution is -0.131. The maximum Gasteiger partial charge on any atom is 0.325 e. The summed E-state index contributed by atoms with van der Waals surface area (Å²) in [6.45, 7) is 2.51. The Kier molecular flexibility index (Phi) is 5.81. The molecule has 0 radical (unpaired) electrons. The Morgan fingerprint density at radius 1 is 1.14 bits per heavy atom. The van der Waals surface area contributed by atoms with E-state index in [4.69, 9.17) is 9.47 Å². The number of aromatic nitrogens is 2. The monoisotopic (exact) mass is 497 g/mol. The average molecular weight is 498 g/mol. The molecule has 0 spiro atoms. The SMILES string of the molecule is CC1(c2ccc3c(c2)OCCCO3)NC(=O)N(Cc2nnc(C(=O)Nc3ccc(F)cc3)s2)C1=O. The number of ether oxygens (including phenoxy) is 2. The van der Waals surface area contributed by atoms with Crippen LogP contribution in [0.4, 0.5) is 14.9 Å². The van der Waals surface area contributed by atoms with Gasteiger partial charge in [-0.05, 0) is 48.9 Å². The molecular formula is C23H20FN5O5S. The first kappa shape index (κ1) is 22.7. The van der Waals surface area contributed by atoms with Gasteiger partial charge in [0.25, 0.3) is 11.8 Å². The molecule has 2 N–H and O–H groups in total. The largest absolute Gasteiger partial charge is 0.490 e. The smallest absolute Gasteiger partial charge is 0.325 e. The van der Waals surface area contributed by atoms with Crippen molar-refractivity contribution in [3.05, 3.63) is 63.9 Å². The lowest BCUT2D eigenvalue weighted by Gasteiger charge is -2.23. The highest BCUT2D eigenvalue weighted by Gasteiger charge is 2.49. The number of imide groups is 1. The van der Waals surface area contributed by atoms with Crippen LogP contribution in [-0.4, -0.2) is 46.2 Å². The molecule has 0 saturated carbocycles. The molecule has 1 unspecified atom stereocenters. The molecule has 12 heteroatoms. The minimum absolute atomic E-state index is 0.0436. The predicted molar refractivity (Wildman–Crippen MR) is 123 cm³/mol. The number of halogens is 1. The molecule has 10 nitrogen and oxygen atoms in total. The van der Waals surface area contributed by atoms with E-state index in [1.807, 2.05) is 0 Å². The average Bonchev–Trinajstić information content (AvgIpc) is 3.30. The molecule has 1 atom stereocenters. The van der Waals surface area contributed by atoms with Crippen LogP contribution in [-0.2, 0) is 16.9 Å². The number of fused-ring (bicyclic) bond motifs is 1. The third-order valence-electron chi connectivity index (χ3n) is 5.66. The summed E-state index contributed by atoms with van der Waals surface area (Å²) in [4.78, 5) is 39.5. The van der Waals surface area contributed by atoms with Crippen molar-refractivity contribution in [2.24, 2.45) is 0 Å². The fraction of sp³-hybridized carbons (Fsp3) is 0.261. The minimum Gasteiger partial charge on any atom is -0.490 e. The second-order valence-corrected chi connectivity index (χ2v) is 9.18. The van der Waals surface area contributed by atoms with Crippen LogP contribution in [0.15, 0.2) is 42.5 Å². The van der Waals surface area contributed by atoms with Crippen molar-refractivity contribution in [2.45, 2.75) is 25.4 Å². The van der Waals surface area contributed by atoms with Crippen LogP contribution in [0.3, 0.4) is 0 Å². The van der Waals surface area contributed by atoms with Gasteiger partial charge in [0.05, 0.1) is 19.8 Å². The number of nitrogens with zero attached hydrogens (tertiary/aromatic N) is 3. The number of anilines is 1. The van der Waals surface area contributed by atoms with E-state index in [1.54, 1.807) is 25.1 Å². The summed E-state index contributed by atoms with van der Waals surface area (Å²) < 4.78 is 24.4. The zero-order valence-corrected chi connectivity index (χ0v) is 19.4. The first-order valence-electron chi connectivity index (χ1n) is 10.8. The van der Waals surface area contributed by atoms with E-state index in [2.05, 4.69) is 20.8 Å². The molecule has 1 fully saturated rings. The first-order chi connectivity index (χ1) is 16.8. The number of urea groups is 1. The third-order valence-corrected chi connectivity index (χ3v) is 6.56. The van der Waals surface area contributed by atoms with Gasteiger partial charge in [0.2, 0.25) is 5.01 Å². The Morgan fingerprint density at radius 3 is 2.66 bits per heavy atom. The molecule has 35 heavy (non-hydrogen) atoms. The van der Waals surface area contributed by atoms with Gasteiger partial charge in [-0.2, -0.15) is 0 Å². The maximum atomic E-state index is 13.3. The van der Waals surface area contributed by atoms with Gasteiger partial charge in [-0.15, -0.1) is 10.2 Å². The van der Waals surface area contributed by atoms with Gasteiger partial charge in [0.1, 0.15) is 16.4 Å². The predicted octanol–water partition coefficient (Wildman–Crippen LogP) is 3.06. The van der Waals surface area contributed by atoms with Crippen LogP contribution in [0.1, 0.15) is 33.7 Å². The van der Waals surface area contributed by atoms with Crippen LogP contribution < -0.4 is 20.1 Å². The van der Waals surface area contributed by atoms with Crippen molar-refractivity contribution >= 4 is 34.9 Å². The number of hydrogen-bond donors (Lipinski definition) is 2. The van der Waals surface area contributed by atoms with Crippen molar-refractivity contribution in [1.82, 2.24) is 20.4 Å². The summed E-state index contributed by atoms with van der Waals surface area (Å²) >= 11 is 0.952. The van der Waals surface area contributed by atoms with Gasteiger partial charge in [-0.25, -0.2) is 9.18 Å².